The van der Waals surface area contributed by atoms with Crippen molar-refractivity contribution in [3.8, 4) is 5.69 Å². The van der Waals surface area contributed by atoms with E-state index in [-0.39, 0.29) is 5.69 Å². The van der Waals surface area contributed by atoms with Crippen LogP contribution in [0.5, 0.6) is 0 Å². The number of halogens is 1. The summed E-state index contributed by atoms with van der Waals surface area (Å²) in [6, 6.07) is 12.9. The minimum atomic E-state index is -1.41. The van der Waals surface area contributed by atoms with Gasteiger partial charge in [0.2, 0.25) is 5.91 Å². The average molecular weight is 442 g/mol. The second-order valence-corrected chi connectivity index (χ2v) is 7.19. The predicted octanol–water partition coefficient (Wildman–Crippen LogP) is 3.38. The largest absolute Gasteiger partial charge is 0.463 e. The Morgan fingerprint density at radius 1 is 1.13 bits per heavy atom. The molecular formula is C21H20ClN5O4. The van der Waals surface area contributed by atoms with Crippen molar-refractivity contribution in [1.82, 2.24) is 15.2 Å². The number of nitrogens with one attached hydrogen (secondary N) is 1. The zero-order chi connectivity index (χ0) is 22.5. The second-order valence-electron chi connectivity index (χ2n) is 6.78. The maximum Gasteiger partial charge on any atom is 0.431 e. The molecular weight excluding hydrogens is 422 g/mol. The molecule has 1 aromatic heterocycles. The number of rotatable bonds is 6. The number of anilines is 2. The van der Waals surface area contributed by atoms with Gasteiger partial charge >= 0.3 is 6.09 Å². The molecule has 0 fully saturated rings. The first kappa shape index (κ1) is 21.8. The van der Waals surface area contributed by atoms with Gasteiger partial charge in [-0.25, -0.2) is 9.48 Å². The van der Waals surface area contributed by atoms with Crippen LogP contribution in [0.1, 0.15) is 16.8 Å². The molecule has 1 heterocycles. The summed E-state index contributed by atoms with van der Waals surface area (Å²) in [4.78, 5) is 38.4. The lowest BCUT2D eigenvalue weighted by Crippen LogP contribution is -2.46. The first-order valence-electron chi connectivity index (χ1n) is 9.19. The Morgan fingerprint density at radius 2 is 1.90 bits per heavy atom. The van der Waals surface area contributed by atoms with E-state index in [0.717, 1.165) is 0 Å². The quantitative estimate of drug-likeness (QED) is 0.345. The van der Waals surface area contributed by atoms with Crippen LogP contribution >= 0.6 is 11.6 Å². The predicted molar refractivity (Wildman–Crippen MR) is 117 cm³/mol. The summed E-state index contributed by atoms with van der Waals surface area (Å²) >= 11 is 6.12. The number of amides is 2. The highest BCUT2D eigenvalue weighted by atomic mass is 35.5. The third kappa shape index (κ3) is 5.20. The van der Waals surface area contributed by atoms with Gasteiger partial charge in [0, 0.05) is 32.1 Å². The van der Waals surface area contributed by atoms with E-state index in [1.807, 2.05) is 0 Å². The van der Waals surface area contributed by atoms with Crippen LogP contribution in [-0.2, 0) is 4.79 Å². The molecule has 0 aliphatic rings. The molecule has 2 aromatic carbocycles. The van der Waals surface area contributed by atoms with E-state index in [9.17, 15) is 19.5 Å². The maximum absolute atomic E-state index is 12.6. The van der Waals surface area contributed by atoms with Crippen molar-refractivity contribution in [1.29, 1.82) is 0 Å². The van der Waals surface area contributed by atoms with E-state index < -0.39 is 24.2 Å². The number of nitrogens with zero attached hydrogens (tertiary/aromatic N) is 4. The van der Waals surface area contributed by atoms with Crippen LogP contribution in [0.4, 0.5) is 16.2 Å². The minimum Gasteiger partial charge on any atom is -0.463 e. The summed E-state index contributed by atoms with van der Waals surface area (Å²) in [6.07, 6.45) is 1.41. The van der Waals surface area contributed by atoms with Crippen LogP contribution in [0.2, 0.25) is 5.02 Å². The van der Waals surface area contributed by atoms with Crippen molar-refractivity contribution in [2.45, 2.75) is 6.42 Å². The van der Waals surface area contributed by atoms with Gasteiger partial charge in [-0.3, -0.25) is 15.0 Å². The molecule has 0 aliphatic heterocycles. The number of benzene rings is 2. The van der Waals surface area contributed by atoms with Gasteiger partial charge in [-0.15, -0.1) is 0 Å². The SMILES string of the molecule is CN(C)c1cc(N(NC(=O)CC(=O)c2cccc(-n3cccn3)c2)C(=O)O)ccc1Cl. The van der Waals surface area contributed by atoms with Crippen LogP contribution in [0.3, 0.4) is 0 Å². The molecule has 0 aliphatic carbocycles. The highest BCUT2D eigenvalue weighted by Crippen LogP contribution is 2.29. The number of hydrogen-bond donors (Lipinski definition) is 2. The molecule has 160 valence electrons. The van der Waals surface area contributed by atoms with Gasteiger partial charge in [-0.2, -0.15) is 10.1 Å². The molecule has 0 radical (unpaired) electrons. The van der Waals surface area contributed by atoms with Crippen molar-refractivity contribution < 1.29 is 19.5 Å². The molecule has 2 N–H and O–H groups in total. The Balaban J connectivity index is 1.74. The van der Waals surface area contributed by atoms with Crippen LogP contribution in [0.25, 0.3) is 5.69 Å². The summed E-state index contributed by atoms with van der Waals surface area (Å²) in [7, 11) is 3.51. The van der Waals surface area contributed by atoms with E-state index in [2.05, 4.69) is 10.5 Å². The van der Waals surface area contributed by atoms with Crippen LogP contribution in [0.15, 0.2) is 60.9 Å². The normalized spacial score (nSPS) is 10.4. The molecule has 0 atom stereocenters. The smallest absolute Gasteiger partial charge is 0.431 e. The molecule has 0 spiro atoms. The van der Waals surface area contributed by atoms with Gasteiger partial charge in [0.1, 0.15) is 0 Å². The number of aromatic nitrogens is 2. The summed E-state index contributed by atoms with van der Waals surface area (Å²) in [5.41, 5.74) is 3.99. The van der Waals surface area contributed by atoms with Crippen molar-refractivity contribution in [2.24, 2.45) is 0 Å². The standard InChI is InChI=1S/C21H20ClN5O4/c1-25(2)18-12-16(7-8-17(18)22)27(21(30)31)24-20(29)13-19(28)14-5-3-6-15(11-14)26-10-4-9-23-26/h3-12H,13H2,1-2H3,(H,24,29)(H,30,31). The van der Waals surface area contributed by atoms with Crippen molar-refractivity contribution in [3.05, 3.63) is 71.5 Å². The number of Topliss-reactive ketones (excluding diaryl/α,β-unsaturated/α-hetero) is 1. The summed E-state index contributed by atoms with van der Waals surface area (Å²) in [5, 5.41) is 14.7. The lowest BCUT2D eigenvalue weighted by Gasteiger charge is -2.22. The van der Waals surface area contributed by atoms with Crippen molar-refractivity contribution in [2.75, 3.05) is 24.0 Å². The third-order valence-electron chi connectivity index (χ3n) is 4.36. The third-order valence-corrected chi connectivity index (χ3v) is 4.68. The number of hydrazine groups is 1. The Kier molecular flexibility index (Phi) is 6.56. The monoisotopic (exact) mass is 441 g/mol. The Morgan fingerprint density at radius 3 is 2.55 bits per heavy atom. The minimum absolute atomic E-state index is 0.182. The zero-order valence-electron chi connectivity index (χ0n) is 16.8. The van der Waals surface area contributed by atoms with E-state index >= 15 is 0 Å². The molecule has 3 rings (SSSR count). The topological polar surface area (TPSA) is 108 Å². The average Bonchev–Trinajstić information content (AvgIpc) is 3.27. The first-order chi connectivity index (χ1) is 14.8. The number of carbonyl (C=O) groups is 3. The fourth-order valence-electron chi connectivity index (χ4n) is 2.86. The van der Waals surface area contributed by atoms with Gasteiger partial charge in [0.05, 0.1) is 28.5 Å². The van der Waals surface area contributed by atoms with Crippen molar-refractivity contribution in [3.63, 3.8) is 0 Å². The lowest BCUT2D eigenvalue weighted by atomic mass is 10.1. The highest BCUT2D eigenvalue weighted by Gasteiger charge is 2.21. The number of carboxylic acid groups (broad SMARTS) is 1. The van der Waals surface area contributed by atoms with Gasteiger partial charge in [0.15, 0.2) is 5.78 Å². The molecule has 3 aromatic rings. The van der Waals surface area contributed by atoms with Gasteiger partial charge in [-0.1, -0.05) is 23.7 Å². The van der Waals surface area contributed by atoms with E-state index in [4.69, 9.17) is 11.6 Å². The molecule has 31 heavy (non-hydrogen) atoms. The molecule has 0 saturated heterocycles. The molecule has 0 saturated carbocycles. The van der Waals surface area contributed by atoms with Crippen LogP contribution in [0, 0.1) is 0 Å². The van der Waals surface area contributed by atoms with Gasteiger partial charge in [0.25, 0.3) is 0 Å². The lowest BCUT2D eigenvalue weighted by molar-refractivity contribution is -0.120. The Bertz CT molecular complexity index is 1110. The number of carbonyl (C=O) groups excluding carboxylic acids is 2. The number of ketones is 1. The molecule has 0 bridgehead atoms. The summed E-state index contributed by atoms with van der Waals surface area (Å²) in [6.45, 7) is 0. The van der Waals surface area contributed by atoms with E-state index in [1.165, 1.54) is 18.2 Å². The fourth-order valence-corrected chi connectivity index (χ4v) is 3.15. The second kappa shape index (κ2) is 9.31. The van der Waals surface area contributed by atoms with Gasteiger partial charge < -0.3 is 10.0 Å². The Hall–Kier alpha value is -3.85. The number of hydrogen-bond acceptors (Lipinski definition) is 5. The Labute approximate surface area is 183 Å². The maximum atomic E-state index is 12.6. The molecule has 10 heteroatoms. The molecule has 0 unspecified atom stereocenters. The fraction of sp³-hybridized carbons (Fsp3) is 0.143. The summed E-state index contributed by atoms with van der Waals surface area (Å²) < 4.78 is 1.59. The van der Waals surface area contributed by atoms with Crippen LogP contribution < -0.4 is 15.3 Å². The van der Waals surface area contributed by atoms with E-state index in [0.29, 0.717) is 27.0 Å². The van der Waals surface area contributed by atoms with Crippen molar-refractivity contribution >= 4 is 40.8 Å². The zero-order valence-corrected chi connectivity index (χ0v) is 17.6. The summed E-state index contributed by atoms with van der Waals surface area (Å²) in [5.74, 6) is -1.22. The van der Waals surface area contributed by atoms with Crippen LogP contribution in [-0.4, -0.2) is 46.8 Å². The molecule has 9 nitrogen and oxygen atoms in total. The van der Waals surface area contributed by atoms with Gasteiger partial charge in [-0.05, 0) is 36.4 Å². The molecule has 2 amide bonds. The highest BCUT2D eigenvalue weighted by molar-refractivity contribution is 6.33. The first-order valence-corrected chi connectivity index (χ1v) is 9.56. The van der Waals surface area contributed by atoms with E-state index in [1.54, 1.807) is 66.4 Å².